The highest BCUT2D eigenvalue weighted by Gasteiger charge is 2.21. The smallest absolute Gasteiger partial charge is 0.254 e. The van der Waals surface area contributed by atoms with E-state index < -0.39 is 5.92 Å². The number of anilines is 1. The summed E-state index contributed by atoms with van der Waals surface area (Å²) in [5.41, 5.74) is 10.1. The molecule has 1 atom stereocenters. The number of amides is 1. The fraction of sp³-hybridized carbons (Fsp3) is 0.0800. The van der Waals surface area contributed by atoms with Crippen LogP contribution in [0.15, 0.2) is 84.9 Å². The Balaban J connectivity index is 1.71. The van der Waals surface area contributed by atoms with Crippen LogP contribution in [0, 0.1) is 11.3 Å². The summed E-state index contributed by atoms with van der Waals surface area (Å²) in [6, 6.07) is 28.6. The third kappa shape index (κ3) is 3.71. The molecule has 1 heterocycles. The Bertz CT molecular complexity index is 1230. The van der Waals surface area contributed by atoms with E-state index in [4.69, 9.17) is 5.73 Å². The van der Waals surface area contributed by atoms with E-state index in [1.165, 1.54) is 0 Å². The van der Waals surface area contributed by atoms with Crippen LogP contribution in [-0.2, 0) is 0 Å². The molecule has 1 unspecified atom stereocenters. The molecule has 0 aliphatic heterocycles. The van der Waals surface area contributed by atoms with E-state index in [9.17, 15) is 10.1 Å². The highest BCUT2D eigenvalue weighted by atomic mass is 16.1. The molecule has 0 radical (unpaired) electrons. The molecule has 0 saturated heterocycles. The van der Waals surface area contributed by atoms with E-state index >= 15 is 0 Å². The highest BCUT2D eigenvalue weighted by molar-refractivity contribution is 6.12. The molecule has 0 fully saturated rings. The number of benzene rings is 3. The zero-order valence-corrected chi connectivity index (χ0v) is 16.2. The van der Waals surface area contributed by atoms with Gasteiger partial charge >= 0.3 is 0 Å². The molecule has 1 amide bonds. The Morgan fingerprint density at radius 2 is 1.60 bits per heavy atom. The summed E-state index contributed by atoms with van der Waals surface area (Å²) in [6.07, 6.45) is 0. The molecule has 3 aromatic carbocycles. The average Bonchev–Trinajstić information content (AvgIpc) is 2.80. The summed E-state index contributed by atoms with van der Waals surface area (Å²) >= 11 is 0. The normalized spacial score (nSPS) is 11.6. The number of nitrogens with one attached hydrogen (secondary N) is 1. The Labute approximate surface area is 174 Å². The molecule has 0 aliphatic rings. The lowest BCUT2D eigenvalue weighted by Gasteiger charge is -2.16. The van der Waals surface area contributed by atoms with Gasteiger partial charge in [0.15, 0.2) is 0 Å². The SMILES string of the molecule is N#CC(CNC(=O)c1c(N)c(-c2ccccc2)nc2ccccc12)c1ccccc1. The summed E-state index contributed by atoms with van der Waals surface area (Å²) < 4.78 is 0. The molecule has 30 heavy (non-hydrogen) atoms. The van der Waals surface area contributed by atoms with Gasteiger partial charge in [-0.2, -0.15) is 5.26 Å². The van der Waals surface area contributed by atoms with Crippen LogP contribution in [0.2, 0.25) is 0 Å². The topological polar surface area (TPSA) is 91.8 Å². The van der Waals surface area contributed by atoms with Crippen LogP contribution in [0.3, 0.4) is 0 Å². The van der Waals surface area contributed by atoms with Gasteiger partial charge in [-0.05, 0) is 11.6 Å². The maximum Gasteiger partial charge on any atom is 0.254 e. The minimum Gasteiger partial charge on any atom is -0.396 e. The number of carbonyl (C=O) groups excluding carboxylic acids is 1. The van der Waals surface area contributed by atoms with Crippen molar-refractivity contribution in [2.45, 2.75) is 5.92 Å². The van der Waals surface area contributed by atoms with Gasteiger partial charge in [-0.15, -0.1) is 0 Å². The molecule has 0 saturated carbocycles. The molecule has 4 aromatic rings. The zero-order valence-electron chi connectivity index (χ0n) is 16.2. The minimum atomic E-state index is -0.446. The first-order chi connectivity index (χ1) is 14.7. The van der Waals surface area contributed by atoms with Crippen molar-refractivity contribution in [3.05, 3.63) is 96.1 Å². The second-order valence-corrected chi connectivity index (χ2v) is 6.93. The predicted octanol–water partition coefficient (Wildman–Crippen LogP) is 4.52. The van der Waals surface area contributed by atoms with Crippen LogP contribution >= 0.6 is 0 Å². The van der Waals surface area contributed by atoms with Crippen LogP contribution < -0.4 is 11.1 Å². The molecule has 1 aromatic heterocycles. The number of fused-ring (bicyclic) bond motifs is 1. The van der Waals surface area contributed by atoms with E-state index in [0.29, 0.717) is 27.8 Å². The van der Waals surface area contributed by atoms with Crippen molar-refractivity contribution in [1.82, 2.24) is 10.3 Å². The third-order valence-electron chi connectivity index (χ3n) is 5.03. The van der Waals surface area contributed by atoms with Gasteiger partial charge in [0.05, 0.1) is 34.4 Å². The van der Waals surface area contributed by atoms with Gasteiger partial charge in [0, 0.05) is 17.5 Å². The van der Waals surface area contributed by atoms with Crippen LogP contribution in [0.25, 0.3) is 22.2 Å². The zero-order chi connectivity index (χ0) is 20.9. The molecule has 3 N–H and O–H groups in total. The number of hydrogen-bond donors (Lipinski definition) is 2. The summed E-state index contributed by atoms with van der Waals surface area (Å²) in [5.74, 6) is -0.766. The Morgan fingerprint density at radius 3 is 2.30 bits per heavy atom. The quantitative estimate of drug-likeness (QED) is 0.522. The summed E-state index contributed by atoms with van der Waals surface area (Å²) in [6.45, 7) is 0.191. The minimum absolute atomic E-state index is 0.191. The average molecular weight is 392 g/mol. The van der Waals surface area contributed by atoms with E-state index in [1.54, 1.807) is 0 Å². The standard InChI is InChI=1S/C25H20N4O/c26-15-19(17-9-3-1-4-10-17)16-28-25(30)22-20-13-7-8-14-21(20)29-24(23(22)27)18-11-5-2-6-12-18/h1-14,19H,16,27H2,(H,28,30). The number of pyridine rings is 1. The van der Waals surface area contributed by atoms with Crippen molar-refractivity contribution in [3.8, 4) is 17.3 Å². The van der Waals surface area contributed by atoms with Crippen molar-refractivity contribution in [2.75, 3.05) is 12.3 Å². The fourth-order valence-corrected chi connectivity index (χ4v) is 3.49. The van der Waals surface area contributed by atoms with Crippen LogP contribution in [-0.4, -0.2) is 17.4 Å². The van der Waals surface area contributed by atoms with Crippen molar-refractivity contribution in [1.29, 1.82) is 5.26 Å². The lowest BCUT2D eigenvalue weighted by atomic mass is 9.99. The van der Waals surface area contributed by atoms with Gasteiger partial charge in [0.1, 0.15) is 0 Å². The molecule has 5 heteroatoms. The molecule has 146 valence electrons. The first kappa shape index (κ1) is 19.2. The van der Waals surface area contributed by atoms with E-state index in [2.05, 4.69) is 16.4 Å². The first-order valence-electron chi connectivity index (χ1n) is 9.65. The molecular weight excluding hydrogens is 372 g/mol. The number of para-hydroxylation sites is 1. The van der Waals surface area contributed by atoms with Crippen molar-refractivity contribution < 1.29 is 4.79 Å². The second-order valence-electron chi connectivity index (χ2n) is 6.93. The van der Waals surface area contributed by atoms with E-state index in [1.807, 2.05) is 84.9 Å². The number of nitriles is 1. The van der Waals surface area contributed by atoms with Crippen molar-refractivity contribution in [2.24, 2.45) is 0 Å². The first-order valence-corrected chi connectivity index (χ1v) is 9.65. The summed E-state index contributed by atoms with van der Waals surface area (Å²) in [4.78, 5) is 17.9. The molecule has 0 bridgehead atoms. The molecule has 0 spiro atoms. The van der Waals surface area contributed by atoms with Crippen LogP contribution in [0.5, 0.6) is 0 Å². The number of nitrogens with zero attached hydrogens (tertiary/aromatic N) is 2. The van der Waals surface area contributed by atoms with E-state index in [0.717, 1.165) is 11.1 Å². The predicted molar refractivity (Wildman–Crippen MR) is 119 cm³/mol. The monoisotopic (exact) mass is 392 g/mol. The molecular formula is C25H20N4O. The van der Waals surface area contributed by atoms with Gasteiger partial charge in [-0.3, -0.25) is 4.79 Å². The van der Waals surface area contributed by atoms with E-state index in [-0.39, 0.29) is 12.5 Å². The fourth-order valence-electron chi connectivity index (χ4n) is 3.49. The molecule has 5 nitrogen and oxygen atoms in total. The summed E-state index contributed by atoms with van der Waals surface area (Å²) in [7, 11) is 0. The largest absolute Gasteiger partial charge is 0.396 e. The van der Waals surface area contributed by atoms with Crippen molar-refractivity contribution >= 4 is 22.5 Å². The molecule has 4 rings (SSSR count). The van der Waals surface area contributed by atoms with Gasteiger partial charge in [0.25, 0.3) is 5.91 Å². The number of nitrogens with two attached hydrogens (primary N) is 1. The second kappa shape index (κ2) is 8.46. The number of carbonyl (C=O) groups is 1. The van der Waals surface area contributed by atoms with Gasteiger partial charge < -0.3 is 11.1 Å². The maximum atomic E-state index is 13.2. The molecule has 0 aliphatic carbocycles. The highest BCUT2D eigenvalue weighted by Crippen LogP contribution is 2.32. The van der Waals surface area contributed by atoms with Gasteiger partial charge in [0.2, 0.25) is 0 Å². The maximum absolute atomic E-state index is 13.2. The Morgan fingerprint density at radius 1 is 0.967 bits per heavy atom. The third-order valence-corrected chi connectivity index (χ3v) is 5.03. The summed E-state index contributed by atoms with van der Waals surface area (Å²) in [5, 5.41) is 13.1. The Kier molecular flexibility index (Phi) is 5.40. The number of hydrogen-bond acceptors (Lipinski definition) is 4. The van der Waals surface area contributed by atoms with Gasteiger partial charge in [-0.25, -0.2) is 4.98 Å². The van der Waals surface area contributed by atoms with Crippen molar-refractivity contribution in [3.63, 3.8) is 0 Å². The lowest BCUT2D eigenvalue weighted by Crippen LogP contribution is -2.29. The van der Waals surface area contributed by atoms with Gasteiger partial charge in [-0.1, -0.05) is 78.9 Å². The number of rotatable bonds is 5. The number of nitrogen functional groups attached to an aromatic ring is 1. The number of aromatic nitrogens is 1. The van der Waals surface area contributed by atoms with Crippen LogP contribution in [0.4, 0.5) is 5.69 Å². The Hall–Kier alpha value is -4.17. The lowest BCUT2D eigenvalue weighted by molar-refractivity contribution is 0.0955. The van der Waals surface area contributed by atoms with Crippen LogP contribution in [0.1, 0.15) is 21.8 Å².